The van der Waals surface area contributed by atoms with Crippen LogP contribution in [-0.2, 0) is 19.1 Å². The first-order valence-corrected chi connectivity index (χ1v) is 15.4. The minimum absolute atomic E-state index is 0.0652. The van der Waals surface area contributed by atoms with E-state index in [2.05, 4.69) is 13.2 Å². The van der Waals surface area contributed by atoms with Gasteiger partial charge in [-0.15, -0.1) is 24.9 Å². The number of aliphatic hydroxyl groups is 1. The molecule has 3 fully saturated rings. The second-order valence-corrected chi connectivity index (χ2v) is 13.5. The highest BCUT2D eigenvalue weighted by molar-refractivity contribution is 8.02. The van der Waals surface area contributed by atoms with Gasteiger partial charge in [0.05, 0.1) is 35.8 Å². The van der Waals surface area contributed by atoms with E-state index in [1.54, 1.807) is 33.7 Å². The van der Waals surface area contributed by atoms with E-state index in [1.165, 1.54) is 0 Å². The van der Waals surface area contributed by atoms with Crippen molar-refractivity contribution < 1.29 is 24.2 Å². The molecule has 1 N–H and O–H groups in total. The number of hydrogen-bond acceptors (Lipinski definition) is 6. The Morgan fingerprint density at radius 1 is 1.27 bits per heavy atom. The highest BCUT2D eigenvalue weighted by Gasteiger charge is 2.74. The van der Waals surface area contributed by atoms with Crippen LogP contribution < -0.4 is 4.90 Å². The molecule has 2 amide bonds. The predicted molar refractivity (Wildman–Crippen MR) is 160 cm³/mol. The average Bonchev–Trinajstić information content (AvgIpc) is 3.56. The largest absolute Gasteiger partial charge is 0.465 e. The molecule has 40 heavy (non-hydrogen) atoms. The van der Waals surface area contributed by atoms with E-state index in [0.29, 0.717) is 25.8 Å². The minimum atomic E-state index is -0.797. The first-order valence-electron chi connectivity index (χ1n) is 14.5. The molecule has 1 aromatic carbocycles. The van der Waals surface area contributed by atoms with Crippen LogP contribution in [0.5, 0.6) is 0 Å². The quantitative estimate of drug-likeness (QED) is 0.208. The van der Waals surface area contributed by atoms with E-state index < -0.39 is 28.7 Å². The number of ether oxygens (including phenoxy) is 1. The number of anilines is 1. The second kappa shape index (κ2) is 12.5. The van der Waals surface area contributed by atoms with Crippen LogP contribution in [-0.4, -0.2) is 69.6 Å². The lowest BCUT2D eigenvalue weighted by Gasteiger charge is -2.40. The average molecular weight is 569 g/mol. The zero-order valence-corrected chi connectivity index (χ0v) is 25.1. The number of thioether (sulfide) groups is 1. The van der Waals surface area contributed by atoms with Crippen LogP contribution in [0.25, 0.3) is 0 Å². The van der Waals surface area contributed by atoms with Gasteiger partial charge in [-0.3, -0.25) is 14.4 Å². The van der Waals surface area contributed by atoms with Gasteiger partial charge in [0.1, 0.15) is 6.04 Å². The Hall–Kier alpha value is -2.58. The van der Waals surface area contributed by atoms with E-state index in [4.69, 9.17) is 4.74 Å². The summed E-state index contributed by atoms with van der Waals surface area (Å²) in [5.74, 6) is -1.78. The lowest BCUT2D eigenvalue weighted by Crippen LogP contribution is -2.58. The number of aliphatic hydroxyl groups excluding tert-OH is 1. The third-order valence-electron chi connectivity index (χ3n) is 8.62. The summed E-state index contributed by atoms with van der Waals surface area (Å²) in [4.78, 5) is 46.0. The van der Waals surface area contributed by atoms with Gasteiger partial charge in [0.2, 0.25) is 5.91 Å². The molecule has 2 bridgehead atoms. The van der Waals surface area contributed by atoms with Crippen molar-refractivity contribution in [2.45, 2.75) is 81.9 Å². The van der Waals surface area contributed by atoms with Gasteiger partial charge < -0.3 is 19.6 Å². The van der Waals surface area contributed by atoms with Gasteiger partial charge in [-0.25, -0.2) is 0 Å². The molecule has 0 aromatic heterocycles. The van der Waals surface area contributed by atoms with Crippen LogP contribution in [0.3, 0.4) is 0 Å². The first-order chi connectivity index (χ1) is 19.1. The topological polar surface area (TPSA) is 87.2 Å². The summed E-state index contributed by atoms with van der Waals surface area (Å²) in [6, 6.07) is 4.69. The van der Waals surface area contributed by atoms with E-state index in [1.807, 2.05) is 45.9 Å². The van der Waals surface area contributed by atoms with Crippen LogP contribution in [0.1, 0.15) is 57.1 Å². The summed E-state index contributed by atoms with van der Waals surface area (Å²) in [5.41, 5.74) is 2.77. The highest BCUT2D eigenvalue weighted by atomic mass is 32.2. The molecule has 218 valence electrons. The number of fused-ring (bicyclic) bond motifs is 1. The fourth-order valence-electron chi connectivity index (χ4n) is 6.94. The summed E-state index contributed by atoms with van der Waals surface area (Å²) < 4.78 is 4.93. The number of benzene rings is 1. The molecule has 8 heteroatoms. The number of carbonyl (C=O) groups excluding carboxylic acids is 3. The van der Waals surface area contributed by atoms with E-state index >= 15 is 0 Å². The molecule has 1 aromatic rings. The number of likely N-dealkylation sites (tertiary alicyclic amines) is 1. The van der Waals surface area contributed by atoms with E-state index in [-0.39, 0.29) is 42.2 Å². The Kier molecular flexibility index (Phi) is 9.51. The molecule has 0 aliphatic carbocycles. The summed E-state index contributed by atoms with van der Waals surface area (Å²) in [7, 11) is 0. The van der Waals surface area contributed by atoms with Crippen LogP contribution in [0, 0.1) is 31.6 Å². The number of esters is 1. The zero-order chi connectivity index (χ0) is 29.2. The van der Waals surface area contributed by atoms with Gasteiger partial charge >= 0.3 is 5.97 Å². The van der Waals surface area contributed by atoms with Crippen LogP contribution in [0.4, 0.5) is 5.69 Å². The SMILES string of the molecule is C=CCCCOC(=O)[C@@H]1[C@@H]2CCC3(S2)C(C(=O)N(CC=C)c2cc(C)ccc2C)N([C@@H](CO)CC(C)C)C(=O)[C@H]13. The van der Waals surface area contributed by atoms with Gasteiger partial charge in [-0.1, -0.05) is 38.1 Å². The van der Waals surface area contributed by atoms with Gasteiger partial charge in [-0.05, 0) is 69.1 Å². The first kappa shape index (κ1) is 30.4. The number of aryl methyl sites for hydroxylation is 2. The molecule has 6 atom stereocenters. The van der Waals surface area contributed by atoms with Gasteiger partial charge in [0.25, 0.3) is 5.91 Å². The molecule has 4 rings (SSSR count). The lowest BCUT2D eigenvalue weighted by molar-refractivity contribution is -0.154. The van der Waals surface area contributed by atoms with Crippen molar-refractivity contribution in [3.63, 3.8) is 0 Å². The number of amides is 2. The zero-order valence-electron chi connectivity index (χ0n) is 24.3. The molecular formula is C32H44N2O5S. The van der Waals surface area contributed by atoms with Gasteiger partial charge in [0, 0.05) is 17.5 Å². The molecule has 3 saturated heterocycles. The fraction of sp³-hybridized carbons (Fsp3) is 0.594. The van der Waals surface area contributed by atoms with Gasteiger partial charge in [-0.2, -0.15) is 0 Å². The highest BCUT2D eigenvalue weighted by Crippen LogP contribution is 2.67. The molecule has 3 aliphatic rings. The van der Waals surface area contributed by atoms with Crippen molar-refractivity contribution in [1.29, 1.82) is 0 Å². The number of hydrogen-bond donors (Lipinski definition) is 1. The minimum Gasteiger partial charge on any atom is -0.465 e. The van der Waals surface area contributed by atoms with Crippen LogP contribution in [0.15, 0.2) is 43.5 Å². The van der Waals surface area contributed by atoms with Crippen molar-refractivity contribution in [3.05, 3.63) is 54.6 Å². The Morgan fingerprint density at radius 2 is 2.02 bits per heavy atom. The number of allylic oxidation sites excluding steroid dienone is 1. The molecule has 1 spiro atoms. The Balaban J connectivity index is 1.78. The summed E-state index contributed by atoms with van der Waals surface area (Å²) in [6.07, 6.45) is 6.90. The van der Waals surface area contributed by atoms with E-state index in [9.17, 15) is 19.5 Å². The second-order valence-electron chi connectivity index (χ2n) is 11.9. The summed E-state index contributed by atoms with van der Waals surface area (Å²) in [6.45, 7) is 16.0. The molecule has 0 radical (unpaired) electrons. The molecule has 7 nitrogen and oxygen atoms in total. The maximum absolute atomic E-state index is 14.8. The third kappa shape index (κ3) is 5.37. The molecule has 3 aliphatic heterocycles. The summed E-state index contributed by atoms with van der Waals surface area (Å²) >= 11 is 1.62. The fourth-order valence-corrected chi connectivity index (χ4v) is 9.13. The molecular weight excluding hydrogens is 524 g/mol. The van der Waals surface area contributed by atoms with Crippen molar-refractivity contribution in [3.8, 4) is 0 Å². The Bertz CT molecular complexity index is 1150. The van der Waals surface area contributed by atoms with Gasteiger partial charge in [0.15, 0.2) is 0 Å². The maximum atomic E-state index is 14.8. The normalized spacial score (nSPS) is 27.6. The third-order valence-corrected chi connectivity index (χ3v) is 10.6. The smallest absolute Gasteiger partial charge is 0.310 e. The Morgan fingerprint density at radius 3 is 2.67 bits per heavy atom. The van der Waals surface area contributed by atoms with E-state index in [0.717, 1.165) is 29.7 Å². The Labute approximate surface area is 243 Å². The molecule has 0 saturated carbocycles. The summed E-state index contributed by atoms with van der Waals surface area (Å²) in [5, 5.41) is 10.5. The predicted octanol–water partition coefficient (Wildman–Crippen LogP) is 4.83. The number of carbonyl (C=O) groups is 3. The van der Waals surface area contributed by atoms with Crippen molar-refractivity contribution >= 4 is 35.2 Å². The molecule has 3 heterocycles. The number of nitrogens with zero attached hydrogens (tertiary/aromatic N) is 2. The monoisotopic (exact) mass is 568 g/mol. The number of unbranched alkanes of at least 4 members (excludes halogenated alkanes) is 1. The van der Waals surface area contributed by atoms with Crippen molar-refractivity contribution in [1.82, 2.24) is 4.90 Å². The van der Waals surface area contributed by atoms with Crippen LogP contribution in [0.2, 0.25) is 0 Å². The van der Waals surface area contributed by atoms with Crippen LogP contribution >= 0.6 is 11.8 Å². The number of rotatable bonds is 13. The van der Waals surface area contributed by atoms with Crippen molar-refractivity contribution in [2.75, 3.05) is 24.7 Å². The van der Waals surface area contributed by atoms with Crippen molar-refractivity contribution in [2.24, 2.45) is 17.8 Å². The lowest BCUT2D eigenvalue weighted by atomic mass is 9.71. The molecule has 2 unspecified atom stereocenters. The standard InChI is InChI=1S/C32H44N2O5S/c1-7-9-10-16-39-31(38)26-25-13-14-32(40-25)27(26)29(36)34(23(19-35)17-20(3)4)28(32)30(37)33(15-8-2)24-18-21(5)11-12-22(24)6/h7-8,11-12,18,20,23,25-28,35H,1-2,9-10,13-17,19H2,3-6H3/t23-,25+,26-,27+,28?,32?/m1/s1. The maximum Gasteiger partial charge on any atom is 0.310 e.